The summed E-state index contributed by atoms with van der Waals surface area (Å²) in [6.45, 7) is 1.76. The Hall–Kier alpha value is -1.23. The lowest BCUT2D eigenvalue weighted by Crippen LogP contribution is -2.12. The second kappa shape index (κ2) is 4.53. The van der Waals surface area contributed by atoms with Gasteiger partial charge in [-0.25, -0.2) is 8.78 Å². The van der Waals surface area contributed by atoms with Gasteiger partial charge in [-0.1, -0.05) is 6.92 Å². The van der Waals surface area contributed by atoms with Crippen molar-refractivity contribution < 1.29 is 17.9 Å². The van der Waals surface area contributed by atoms with Gasteiger partial charge in [-0.15, -0.1) is 0 Å². The summed E-state index contributed by atoms with van der Waals surface area (Å²) >= 11 is 0. The fourth-order valence-electron chi connectivity index (χ4n) is 1.26. The maximum Gasteiger partial charge on any atom is 0.203 e. The summed E-state index contributed by atoms with van der Waals surface area (Å²) in [5, 5.41) is 0. The molecule has 0 bridgehead atoms. The first-order chi connectivity index (χ1) is 7.02. The lowest BCUT2D eigenvalue weighted by Gasteiger charge is -2.13. The van der Waals surface area contributed by atoms with Gasteiger partial charge >= 0.3 is 0 Å². The van der Waals surface area contributed by atoms with Crippen LogP contribution in [-0.2, 0) is 0 Å². The molecular weight excluding hydrogens is 207 g/mol. The Bertz CT molecular complexity index is 368. The van der Waals surface area contributed by atoms with Crippen LogP contribution in [0.5, 0.6) is 5.75 Å². The number of benzene rings is 1. The van der Waals surface area contributed by atoms with Crippen molar-refractivity contribution in [2.75, 3.05) is 13.7 Å². The zero-order chi connectivity index (χ0) is 11.6. The van der Waals surface area contributed by atoms with Crippen LogP contribution >= 0.6 is 0 Å². The molecule has 5 heteroatoms. The number of nitrogens with two attached hydrogens (primary N) is 1. The zero-order valence-corrected chi connectivity index (χ0v) is 8.48. The highest BCUT2D eigenvalue weighted by Crippen LogP contribution is 2.30. The average Bonchev–Trinajstić information content (AvgIpc) is 2.23. The second-order valence-electron chi connectivity index (χ2n) is 3.25. The van der Waals surface area contributed by atoms with E-state index >= 15 is 0 Å². The standard InChI is InChI=1S/C10H12F3NO/c1-5(4-14)6-3-7(11)9(13)10(15-2)8(6)12/h3,5H,4,14H2,1-2H3. The lowest BCUT2D eigenvalue weighted by atomic mass is 10.00. The molecule has 0 aromatic heterocycles. The number of methoxy groups -OCH3 is 1. The van der Waals surface area contributed by atoms with Gasteiger partial charge in [0.05, 0.1) is 7.11 Å². The number of hydrogen-bond donors (Lipinski definition) is 1. The molecule has 1 rings (SSSR count). The molecule has 0 fully saturated rings. The van der Waals surface area contributed by atoms with Crippen molar-refractivity contribution in [3.05, 3.63) is 29.1 Å². The van der Waals surface area contributed by atoms with Crippen LogP contribution in [0.15, 0.2) is 6.07 Å². The molecule has 0 aliphatic carbocycles. The molecule has 1 aromatic carbocycles. The maximum absolute atomic E-state index is 13.6. The predicted molar refractivity (Wildman–Crippen MR) is 50.3 cm³/mol. The first-order valence-electron chi connectivity index (χ1n) is 4.44. The van der Waals surface area contributed by atoms with Crippen molar-refractivity contribution in [2.24, 2.45) is 5.73 Å². The van der Waals surface area contributed by atoms with E-state index in [0.717, 1.165) is 13.2 Å². The molecule has 84 valence electrons. The minimum atomic E-state index is -1.32. The van der Waals surface area contributed by atoms with Crippen LogP contribution in [0.2, 0.25) is 0 Å². The fraction of sp³-hybridized carbons (Fsp3) is 0.400. The highest BCUT2D eigenvalue weighted by atomic mass is 19.2. The van der Waals surface area contributed by atoms with Gasteiger partial charge in [0.25, 0.3) is 0 Å². The Kier molecular flexibility index (Phi) is 3.57. The summed E-state index contributed by atoms with van der Waals surface area (Å²) in [6, 6.07) is 0.810. The minimum absolute atomic E-state index is 0.0215. The molecule has 2 N–H and O–H groups in total. The molecule has 1 aromatic rings. The number of rotatable bonds is 3. The molecule has 2 nitrogen and oxygen atoms in total. The smallest absolute Gasteiger partial charge is 0.203 e. The quantitative estimate of drug-likeness (QED) is 0.791. The zero-order valence-electron chi connectivity index (χ0n) is 8.48. The molecule has 0 heterocycles. The molecule has 0 saturated carbocycles. The largest absolute Gasteiger partial charge is 0.491 e. The number of hydrogen-bond acceptors (Lipinski definition) is 2. The van der Waals surface area contributed by atoms with Gasteiger partial charge in [-0.2, -0.15) is 4.39 Å². The highest BCUT2D eigenvalue weighted by Gasteiger charge is 2.21. The Balaban J connectivity index is 3.36. The lowest BCUT2D eigenvalue weighted by molar-refractivity contribution is 0.343. The first-order valence-corrected chi connectivity index (χ1v) is 4.44. The van der Waals surface area contributed by atoms with Crippen molar-refractivity contribution in [3.8, 4) is 5.75 Å². The van der Waals surface area contributed by atoms with Gasteiger partial charge in [0, 0.05) is 0 Å². The van der Waals surface area contributed by atoms with Crippen LogP contribution in [0.3, 0.4) is 0 Å². The van der Waals surface area contributed by atoms with E-state index in [4.69, 9.17) is 5.73 Å². The van der Waals surface area contributed by atoms with Crippen molar-refractivity contribution in [2.45, 2.75) is 12.8 Å². The molecule has 0 radical (unpaired) electrons. The van der Waals surface area contributed by atoms with Crippen molar-refractivity contribution in [1.82, 2.24) is 0 Å². The molecule has 0 spiro atoms. The van der Waals surface area contributed by atoms with Gasteiger partial charge in [0.2, 0.25) is 5.82 Å². The first kappa shape index (κ1) is 11.8. The van der Waals surface area contributed by atoms with E-state index in [-0.39, 0.29) is 12.1 Å². The molecule has 0 aliphatic heterocycles. The topological polar surface area (TPSA) is 35.2 Å². The molecule has 0 saturated heterocycles. The number of halogens is 3. The third kappa shape index (κ3) is 2.07. The molecule has 1 atom stereocenters. The summed E-state index contributed by atoms with van der Waals surface area (Å²) in [6.07, 6.45) is 0. The minimum Gasteiger partial charge on any atom is -0.491 e. The van der Waals surface area contributed by atoms with Gasteiger partial charge in [0.1, 0.15) is 0 Å². The van der Waals surface area contributed by atoms with Crippen LogP contribution in [0.25, 0.3) is 0 Å². The molecule has 0 aliphatic rings. The number of ether oxygens (including phenoxy) is 1. The van der Waals surface area contributed by atoms with E-state index in [2.05, 4.69) is 4.74 Å². The van der Waals surface area contributed by atoms with E-state index in [1.54, 1.807) is 6.92 Å². The van der Waals surface area contributed by atoms with Gasteiger partial charge in [-0.3, -0.25) is 0 Å². The van der Waals surface area contributed by atoms with Gasteiger partial charge in [0.15, 0.2) is 17.4 Å². The van der Waals surface area contributed by atoms with Crippen LogP contribution in [-0.4, -0.2) is 13.7 Å². The summed E-state index contributed by atoms with van der Waals surface area (Å²) in [5.41, 5.74) is 5.35. The van der Waals surface area contributed by atoms with Crippen LogP contribution in [0.1, 0.15) is 18.4 Å². The van der Waals surface area contributed by atoms with E-state index in [9.17, 15) is 13.2 Å². The van der Waals surface area contributed by atoms with Crippen molar-refractivity contribution in [3.63, 3.8) is 0 Å². The maximum atomic E-state index is 13.6. The summed E-state index contributed by atoms with van der Waals surface area (Å²) in [7, 11) is 1.08. The predicted octanol–water partition coefficient (Wildman–Crippen LogP) is 2.17. The Morgan fingerprint density at radius 3 is 2.40 bits per heavy atom. The van der Waals surface area contributed by atoms with Crippen LogP contribution < -0.4 is 10.5 Å². The van der Waals surface area contributed by atoms with Gasteiger partial charge < -0.3 is 10.5 Å². The van der Waals surface area contributed by atoms with E-state index in [1.807, 2.05) is 0 Å². The van der Waals surface area contributed by atoms with Crippen LogP contribution in [0.4, 0.5) is 13.2 Å². The SMILES string of the molecule is COc1c(F)c(F)cc(C(C)CN)c1F. The fourth-order valence-corrected chi connectivity index (χ4v) is 1.26. The molecular formula is C10H12F3NO. The Morgan fingerprint density at radius 2 is 1.93 bits per heavy atom. The van der Waals surface area contributed by atoms with Crippen molar-refractivity contribution in [1.29, 1.82) is 0 Å². The summed E-state index contributed by atoms with van der Waals surface area (Å²) in [5.74, 6) is -4.44. The van der Waals surface area contributed by atoms with E-state index < -0.39 is 29.1 Å². The van der Waals surface area contributed by atoms with E-state index in [1.165, 1.54) is 0 Å². The summed E-state index contributed by atoms with van der Waals surface area (Å²) in [4.78, 5) is 0. The third-order valence-corrected chi connectivity index (χ3v) is 2.23. The van der Waals surface area contributed by atoms with E-state index in [0.29, 0.717) is 0 Å². The Labute approximate surface area is 85.8 Å². The second-order valence-corrected chi connectivity index (χ2v) is 3.25. The molecule has 0 amide bonds. The van der Waals surface area contributed by atoms with Crippen LogP contribution in [0, 0.1) is 17.5 Å². The monoisotopic (exact) mass is 219 g/mol. The van der Waals surface area contributed by atoms with Gasteiger partial charge in [-0.05, 0) is 24.1 Å². The molecule has 15 heavy (non-hydrogen) atoms. The highest BCUT2D eigenvalue weighted by molar-refractivity contribution is 5.35. The normalized spacial score (nSPS) is 12.7. The Morgan fingerprint density at radius 1 is 1.33 bits per heavy atom. The average molecular weight is 219 g/mol. The summed E-state index contributed by atoms with van der Waals surface area (Å²) < 4.78 is 44.1. The van der Waals surface area contributed by atoms with Crippen molar-refractivity contribution >= 4 is 0 Å². The third-order valence-electron chi connectivity index (χ3n) is 2.23. The molecule has 1 unspecified atom stereocenters.